The molecule has 0 aliphatic carbocycles. The highest BCUT2D eigenvalue weighted by atomic mass is 16.2. The lowest BCUT2D eigenvalue weighted by Gasteiger charge is -2.43. The summed E-state index contributed by atoms with van der Waals surface area (Å²) in [7, 11) is 0. The molecule has 0 N–H and O–H groups in total. The van der Waals surface area contributed by atoms with E-state index >= 15 is 0 Å². The molecule has 3 rings (SSSR count). The van der Waals surface area contributed by atoms with E-state index in [1.807, 2.05) is 26.0 Å². The molecule has 0 aromatic heterocycles. The first kappa shape index (κ1) is 10.5. The van der Waals surface area contributed by atoms with Crippen LogP contribution in [0.5, 0.6) is 0 Å². The van der Waals surface area contributed by atoms with E-state index in [9.17, 15) is 9.59 Å². The van der Waals surface area contributed by atoms with Gasteiger partial charge in [0.05, 0.1) is 11.3 Å². The summed E-state index contributed by atoms with van der Waals surface area (Å²) < 4.78 is 0. The third-order valence-corrected chi connectivity index (χ3v) is 3.87. The zero-order chi connectivity index (χ0) is 12.4. The van der Waals surface area contributed by atoms with Crippen LogP contribution in [0.25, 0.3) is 0 Å². The molecule has 2 aliphatic rings. The third-order valence-electron chi connectivity index (χ3n) is 3.87. The van der Waals surface area contributed by atoms with Crippen LogP contribution < -0.4 is 4.90 Å². The normalized spacial score (nSPS) is 25.1. The van der Waals surface area contributed by atoms with Crippen LogP contribution in [0.2, 0.25) is 0 Å². The lowest BCUT2D eigenvalue weighted by Crippen LogP contribution is -2.50. The van der Waals surface area contributed by atoms with Gasteiger partial charge >= 0.3 is 0 Å². The van der Waals surface area contributed by atoms with Gasteiger partial charge in [0.15, 0.2) is 0 Å². The lowest BCUT2D eigenvalue weighted by atomic mass is 9.80. The van der Waals surface area contributed by atoms with Crippen molar-refractivity contribution in [2.24, 2.45) is 0 Å². The van der Waals surface area contributed by atoms with Crippen LogP contribution in [0.1, 0.15) is 49.0 Å². The second-order valence-corrected chi connectivity index (χ2v) is 5.63. The smallest absolute Gasteiger partial charge is 0.299 e. The van der Waals surface area contributed by atoms with Crippen LogP contribution in [0.3, 0.4) is 0 Å². The molecule has 1 amide bonds. The van der Waals surface area contributed by atoms with Crippen LogP contribution in [0.15, 0.2) is 18.2 Å². The van der Waals surface area contributed by atoms with Gasteiger partial charge in [-0.25, -0.2) is 0 Å². The third kappa shape index (κ3) is 1.17. The fourth-order valence-corrected chi connectivity index (χ4v) is 3.24. The lowest BCUT2D eigenvalue weighted by molar-refractivity contribution is -0.115. The number of carbonyl (C=O) groups is 2. The number of ketones is 1. The topological polar surface area (TPSA) is 37.4 Å². The maximum Gasteiger partial charge on any atom is 0.299 e. The average Bonchev–Trinajstić information content (AvgIpc) is 2.50. The molecular weight excluding hydrogens is 214 g/mol. The van der Waals surface area contributed by atoms with Crippen molar-refractivity contribution in [1.82, 2.24) is 0 Å². The van der Waals surface area contributed by atoms with Gasteiger partial charge in [-0.15, -0.1) is 0 Å². The van der Waals surface area contributed by atoms with Crippen molar-refractivity contribution < 1.29 is 9.59 Å². The van der Waals surface area contributed by atoms with Gasteiger partial charge in [-0.3, -0.25) is 14.5 Å². The maximum atomic E-state index is 12.1. The summed E-state index contributed by atoms with van der Waals surface area (Å²) in [6, 6.07) is 5.66. The molecule has 0 spiro atoms. The summed E-state index contributed by atoms with van der Waals surface area (Å²) in [6.07, 6.45) is 0.891. The van der Waals surface area contributed by atoms with E-state index in [1.165, 1.54) is 0 Å². The molecule has 0 fully saturated rings. The highest BCUT2D eigenvalue weighted by molar-refractivity contribution is 6.52. The predicted molar refractivity (Wildman–Crippen MR) is 65.4 cm³/mol. The largest absolute Gasteiger partial charge is 0.299 e. The monoisotopic (exact) mass is 229 g/mol. The van der Waals surface area contributed by atoms with Crippen LogP contribution in [0.4, 0.5) is 5.69 Å². The first-order valence-corrected chi connectivity index (χ1v) is 5.95. The van der Waals surface area contributed by atoms with Crippen molar-refractivity contribution in [3.05, 3.63) is 29.3 Å². The molecule has 1 atom stereocenters. The van der Waals surface area contributed by atoms with E-state index in [2.05, 4.69) is 6.92 Å². The number of hydrogen-bond donors (Lipinski definition) is 0. The fourth-order valence-electron chi connectivity index (χ4n) is 3.24. The molecule has 1 aromatic carbocycles. The maximum absolute atomic E-state index is 12.1. The van der Waals surface area contributed by atoms with Gasteiger partial charge in [-0.05, 0) is 37.8 Å². The Bertz CT molecular complexity index is 545. The zero-order valence-corrected chi connectivity index (χ0v) is 10.3. The van der Waals surface area contributed by atoms with Gasteiger partial charge in [0, 0.05) is 5.54 Å². The average molecular weight is 229 g/mol. The number of Topliss-reactive ketones (excluding diaryl/α,β-unsaturated/α-hetero) is 1. The molecular formula is C14H15NO2. The molecule has 0 saturated carbocycles. The van der Waals surface area contributed by atoms with Crippen molar-refractivity contribution in [3.63, 3.8) is 0 Å². The number of anilines is 1. The van der Waals surface area contributed by atoms with Crippen LogP contribution in [-0.4, -0.2) is 17.2 Å². The Morgan fingerprint density at radius 2 is 2.00 bits per heavy atom. The summed E-state index contributed by atoms with van der Waals surface area (Å²) in [5.41, 5.74) is 2.28. The first-order valence-electron chi connectivity index (χ1n) is 5.95. The quantitative estimate of drug-likeness (QED) is 0.641. The Labute approximate surface area is 100 Å². The number of rotatable bonds is 0. The molecule has 2 aliphatic heterocycles. The standard InChI is InChI=1S/C14H15NO2/c1-8-7-14(2,3)15-11-9(8)5-4-6-10(11)12(16)13(15)17/h4-6,8H,7H2,1-3H3/t8-/m1/s1. The summed E-state index contributed by atoms with van der Waals surface area (Å²) in [5.74, 6) is -0.344. The van der Waals surface area contributed by atoms with Crippen LogP contribution in [0, 0.1) is 0 Å². The Kier molecular flexibility index (Phi) is 1.84. The molecule has 0 bridgehead atoms. The van der Waals surface area contributed by atoms with Gasteiger partial charge in [-0.1, -0.05) is 19.1 Å². The predicted octanol–water partition coefficient (Wildman–Crippen LogP) is 2.50. The minimum Gasteiger partial charge on any atom is -0.299 e. The van der Waals surface area contributed by atoms with E-state index in [4.69, 9.17) is 0 Å². The van der Waals surface area contributed by atoms with Gasteiger partial charge in [0.25, 0.3) is 11.7 Å². The van der Waals surface area contributed by atoms with E-state index in [-0.39, 0.29) is 17.2 Å². The van der Waals surface area contributed by atoms with Gasteiger partial charge in [-0.2, -0.15) is 0 Å². The summed E-state index contributed by atoms with van der Waals surface area (Å²) in [6.45, 7) is 6.21. The summed E-state index contributed by atoms with van der Waals surface area (Å²) in [4.78, 5) is 25.7. The van der Waals surface area contributed by atoms with Crippen LogP contribution >= 0.6 is 0 Å². The van der Waals surface area contributed by atoms with Gasteiger partial charge in [0.2, 0.25) is 0 Å². The number of para-hydroxylation sites is 1. The van der Waals surface area contributed by atoms with Crippen LogP contribution in [-0.2, 0) is 4.79 Å². The Balaban J connectivity index is 2.34. The van der Waals surface area contributed by atoms with Crippen molar-refractivity contribution in [2.45, 2.75) is 38.6 Å². The Morgan fingerprint density at radius 1 is 1.29 bits per heavy atom. The zero-order valence-electron chi connectivity index (χ0n) is 10.3. The molecule has 3 nitrogen and oxygen atoms in total. The number of amides is 1. The highest BCUT2D eigenvalue weighted by Gasteiger charge is 2.48. The minimum atomic E-state index is -0.371. The number of benzene rings is 1. The summed E-state index contributed by atoms with van der Waals surface area (Å²) >= 11 is 0. The van der Waals surface area contributed by atoms with E-state index in [1.54, 1.807) is 11.0 Å². The van der Waals surface area contributed by atoms with E-state index < -0.39 is 0 Å². The molecule has 0 radical (unpaired) electrons. The minimum absolute atomic E-state index is 0.272. The Hall–Kier alpha value is -1.64. The first-order chi connectivity index (χ1) is 7.93. The molecule has 3 heteroatoms. The number of carbonyl (C=O) groups excluding carboxylic acids is 2. The van der Waals surface area contributed by atoms with E-state index in [0.29, 0.717) is 11.5 Å². The molecule has 88 valence electrons. The van der Waals surface area contributed by atoms with Crippen molar-refractivity contribution in [3.8, 4) is 0 Å². The van der Waals surface area contributed by atoms with Crippen molar-refractivity contribution >= 4 is 17.4 Å². The number of hydrogen-bond acceptors (Lipinski definition) is 2. The highest BCUT2D eigenvalue weighted by Crippen LogP contribution is 2.48. The van der Waals surface area contributed by atoms with Crippen molar-refractivity contribution in [1.29, 1.82) is 0 Å². The Morgan fingerprint density at radius 3 is 2.71 bits per heavy atom. The second kappa shape index (κ2) is 2.97. The SMILES string of the molecule is C[C@@H]1CC(C)(C)N2C(=O)C(=O)c3cccc1c32. The molecule has 0 saturated heterocycles. The number of nitrogens with zero attached hydrogens (tertiary/aromatic N) is 1. The summed E-state index contributed by atoms with van der Waals surface area (Å²) in [5, 5.41) is 0. The van der Waals surface area contributed by atoms with E-state index in [0.717, 1.165) is 17.7 Å². The second-order valence-electron chi connectivity index (χ2n) is 5.63. The molecule has 0 unspecified atom stereocenters. The molecule has 2 heterocycles. The van der Waals surface area contributed by atoms with Gasteiger partial charge in [0.1, 0.15) is 0 Å². The molecule has 1 aromatic rings. The molecule has 17 heavy (non-hydrogen) atoms. The van der Waals surface area contributed by atoms with Gasteiger partial charge < -0.3 is 0 Å². The fraction of sp³-hybridized carbons (Fsp3) is 0.429. The van der Waals surface area contributed by atoms with Crippen molar-refractivity contribution in [2.75, 3.05) is 4.90 Å².